The molecular weight excluding hydrogens is 447 g/mol. The van der Waals surface area contributed by atoms with Gasteiger partial charge in [0.25, 0.3) is 0 Å². The van der Waals surface area contributed by atoms with Gasteiger partial charge in [0.2, 0.25) is 0 Å². The number of ketones is 1. The lowest BCUT2D eigenvalue weighted by Crippen LogP contribution is -2.70. The Morgan fingerprint density at radius 3 is 2.53 bits per heavy atom. The van der Waals surface area contributed by atoms with Crippen LogP contribution in [0.3, 0.4) is 0 Å². The molecule has 34 heavy (non-hydrogen) atoms. The molecule has 188 valence electrons. The molecule has 0 aromatic carbocycles. The summed E-state index contributed by atoms with van der Waals surface area (Å²) in [6, 6.07) is 0. The van der Waals surface area contributed by atoms with Gasteiger partial charge in [0.1, 0.15) is 24.4 Å². The quantitative estimate of drug-likeness (QED) is 0.517. The van der Waals surface area contributed by atoms with Gasteiger partial charge in [-0.3, -0.25) is 14.4 Å². The Balaban J connectivity index is 1.79. The Hall–Kier alpha value is -2.10. The molecule has 0 saturated heterocycles. The molecule has 0 bridgehead atoms. The second-order valence-corrected chi connectivity index (χ2v) is 10.7. The van der Waals surface area contributed by atoms with E-state index < -0.39 is 70.8 Å². The van der Waals surface area contributed by atoms with Crippen LogP contribution in [0.15, 0.2) is 23.8 Å². The lowest BCUT2D eigenvalue weighted by atomic mass is 9.44. The summed E-state index contributed by atoms with van der Waals surface area (Å²) in [6.07, 6.45) is 0.554. The number of rotatable bonds is 4. The number of ether oxygens (including phenoxy) is 2. The van der Waals surface area contributed by atoms with E-state index >= 15 is 4.39 Å². The molecule has 8 nitrogen and oxygen atoms in total. The predicted molar refractivity (Wildman–Crippen MR) is 117 cm³/mol. The van der Waals surface area contributed by atoms with Crippen LogP contribution in [0.5, 0.6) is 0 Å². The van der Waals surface area contributed by atoms with Crippen molar-refractivity contribution in [1.29, 1.82) is 0 Å². The van der Waals surface area contributed by atoms with Crippen LogP contribution in [0.25, 0.3) is 0 Å². The summed E-state index contributed by atoms with van der Waals surface area (Å²) >= 11 is 0. The van der Waals surface area contributed by atoms with Crippen molar-refractivity contribution in [1.82, 2.24) is 0 Å². The molecule has 0 aliphatic heterocycles. The van der Waals surface area contributed by atoms with Gasteiger partial charge in [-0.1, -0.05) is 18.6 Å². The topological polar surface area (TPSA) is 130 Å². The van der Waals surface area contributed by atoms with E-state index in [4.69, 9.17) is 9.47 Å². The first-order valence-corrected chi connectivity index (χ1v) is 11.7. The minimum Gasteiger partial charge on any atom is -0.463 e. The molecule has 3 N–H and O–H groups in total. The van der Waals surface area contributed by atoms with Crippen LogP contribution in [0.1, 0.15) is 53.4 Å². The largest absolute Gasteiger partial charge is 0.463 e. The maximum atomic E-state index is 17.2. The molecule has 4 rings (SSSR count). The summed E-state index contributed by atoms with van der Waals surface area (Å²) in [6.45, 7) is 5.15. The molecule has 4 aliphatic carbocycles. The first kappa shape index (κ1) is 25.0. The summed E-state index contributed by atoms with van der Waals surface area (Å²) in [5.74, 6) is -2.85. The average molecular weight is 481 g/mol. The van der Waals surface area contributed by atoms with Gasteiger partial charge in [0.05, 0.1) is 6.10 Å². The summed E-state index contributed by atoms with van der Waals surface area (Å²) in [5, 5.41) is 34.3. The predicted octanol–water partition coefficient (Wildman–Crippen LogP) is 1.55. The highest BCUT2D eigenvalue weighted by molar-refractivity contribution is 6.01. The first-order chi connectivity index (χ1) is 15.7. The normalized spacial score (nSPS) is 46.0. The van der Waals surface area contributed by atoms with Crippen LogP contribution in [0.2, 0.25) is 0 Å². The Labute approximate surface area is 197 Å². The number of carbonyl (C=O) groups excluding carboxylic acids is 3. The summed E-state index contributed by atoms with van der Waals surface area (Å²) in [4.78, 5) is 35.2. The van der Waals surface area contributed by atoms with Gasteiger partial charge >= 0.3 is 11.9 Å². The molecule has 0 radical (unpaired) electrons. The lowest BCUT2D eigenvalue weighted by molar-refractivity contribution is -0.252. The Morgan fingerprint density at radius 1 is 1.24 bits per heavy atom. The highest BCUT2D eigenvalue weighted by atomic mass is 19.1. The summed E-state index contributed by atoms with van der Waals surface area (Å²) in [5.41, 5.74) is -6.06. The number of esters is 2. The molecule has 0 aromatic rings. The molecule has 0 amide bonds. The van der Waals surface area contributed by atoms with E-state index in [9.17, 15) is 29.7 Å². The maximum absolute atomic E-state index is 17.2. The number of alkyl halides is 1. The molecule has 0 spiro atoms. The van der Waals surface area contributed by atoms with Crippen molar-refractivity contribution in [3.63, 3.8) is 0 Å². The van der Waals surface area contributed by atoms with Crippen molar-refractivity contribution in [3.8, 4) is 0 Å². The van der Waals surface area contributed by atoms with Gasteiger partial charge in [-0.25, -0.2) is 4.39 Å². The van der Waals surface area contributed by atoms with Gasteiger partial charge < -0.3 is 24.8 Å². The summed E-state index contributed by atoms with van der Waals surface area (Å²) in [7, 11) is 0. The number of hydrogen-bond donors (Lipinski definition) is 3. The van der Waals surface area contributed by atoms with Crippen molar-refractivity contribution in [2.45, 2.75) is 83.0 Å². The fraction of sp³-hybridized carbons (Fsp3) is 0.720. The molecule has 9 heteroatoms. The average Bonchev–Trinajstić information content (AvgIpc) is 2.95. The smallest absolute Gasteiger partial charge is 0.303 e. The minimum absolute atomic E-state index is 0.0739. The number of hydrogen-bond acceptors (Lipinski definition) is 8. The van der Waals surface area contributed by atoms with Gasteiger partial charge in [-0.15, -0.1) is 0 Å². The van der Waals surface area contributed by atoms with Gasteiger partial charge in [0, 0.05) is 30.6 Å². The monoisotopic (exact) mass is 480 g/mol. The van der Waals surface area contributed by atoms with Crippen molar-refractivity contribution in [2.24, 2.45) is 22.7 Å². The van der Waals surface area contributed by atoms with Crippen LogP contribution in [0.4, 0.5) is 4.39 Å². The number of allylic oxidation sites excluding steroid dienone is 4. The number of carbonyl (C=O) groups is 3. The third-order valence-electron chi connectivity index (χ3n) is 9.17. The van der Waals surface area contributed by atoms with E-state index in [1.807, 2.05) is 0 Å². The molecule has 3 fully saturated rings. The zero-order chi connectivity index (χ0) is 25.3. The van der Waals surface area contributed by atoms with E-state index in [-0.39, 0.29) is 18.6 Å². The lowest BCUT2D eigenvalue weighted by Gasteiger charge is -2.62. The number of aliphatic hydroxyl groups excluding tert-OH is 2. The molecule has 4 aliphatic rings. The molecule has 3 unspecified atom stereocenters. The zero-order valence-electron chi connectivity index (χ0n) is 19.9. The third-order valence-corrected chi connectivity index (χ3v) is 9.17. The van der Waals surface area contributed by atoms with Crippen molar-refractivity contribution >= 4 is 17.7 Å². The molecule has 0 aromatic heterocycles. The maximum Gasteiger partial charge on any atom is 0.303 e. The minimum atomic E-state index is -2.13. The molecule has 9 atom stereocenters. The van der Waals surface area contributed by atoms with Crippen LogP contribution < -0.4 is 0 Å². The number of halogens is 1. The van der Waals surface area contributed by atoms with Crippen molar-refractivity contribution in [3.05, 3.63) is 23.8 Å². The Kier molecular flexibility index (Phi) is 5.86. The fourth-order valence-electron chi connectivity index (χ4n) is 7.49. The Morgan fingerprint density at radius 2 is 1.91 bits per heavy atom. The van der Waals surface area contributed by atoms with Crippen molar-refractivity contribution < 1.29 is 43.6 Å². The van der Waals surface area contributed by atoms with Gasteiger partial charge in [-0.05, 0) is 50.7 Å². The van der Waals surface area contributed by atoms with E-state index in [0.717, 1.165) is 6.92 Å². The second-order valence-electron chi connectivity index (χ2n) is 10.7. The van der Waals surface area contributed by atoms with Crippen LogP contribution in [-0.2, 0) is 23.9 Å². The zero-order valence-corrected chi connectivity index (χ0v) is 19.9. The molecule has 3 saturated carbocycles. The van der Waals surface area contributed by atoms with Gasteiger partial charge in [-0.2, -0.15) is 0 Å². The molecule has 0 heterocycles. The van der Waals surface area contributed by atoms with E-state index in [2.05, 4.69) is 0 Å². The summed E-state index contributed by atoms with van der Waals surface area (Å²) < 4.78 is 27.6. The number of aliphatic hydroxyl groups is 3. The number of fused-ring (bicyclic) bond motifs is 5. The van der Waals surface area contributed by atoms with E-state index in [1.54, 1.807) is 13.8 Å². The highest BCUT2D eigenvalue weighted by Crippen LogP contribution is 2.70. The Bertz CT molecular complexity index is 976. The highest BCUT2D eigenvalue weighted by Gasteiger charge is 2.76. The van der Waals surface area contributed by atoms with E-state index in [1.165, 1.54) is 25.2 Å². The second kappa shape index (κ2) is 7.96. The van der Waals surface area contributed by atoms with Crippen LogP contribution >= 0.6 is 0 Å². The van der Waals surface area contributed by atoms with Crippen LogP contribution in [-0.4, -0.2) is 69.2 Å². The van der Waals surface area contributed by atoms with Crippen LogP contribution in [0, 0.1) is 22.7 Å². The molecular formula is C25H33FO8. The first-order valence-electron chi connectivity index (χ1n) is 11.7. The SMILES string of the molecule is CC(=O)OCC(O)[C@@]1(O)[C@H](OC(C)=O)CC2C3CCC4=CC(=O)C=C[C@]4(C)[C@@]3(F)[C@@H](O)C[C@@]21C. The standard InChI is InChI=1S/C25H33FO8/c1-13(27)33-12-20(31)25(32)21(34-14(2)28)10-18-17-6-5-15-9-16(29)7-8-22(15,3)24(17,26)19(30)11-23(18,25)4/h7-9,17-21,30-32H,5-6,10-12H2,1-4H3/t17?,18?,19-,20?,21+,22-,23-,24-,25+/m0/s1. The van der Waals surface area contributed by atoms with Crippen molar-refractivity contribution in [2.75, 3.05) is 6.61 Å². The third kappa shape index (κ3) is 3.16. The van der Waals surface area contributed by atoms with Gasteiger partial charge in [0.15, 0.2) is 11.5 Å². The fourth-order valence-corrected chi connectivity index (χ4v) is 7.49. The van der Waals surface area contributed by atoms with E-state index in [0.29, 0.717) is 18.4 Å².